The predicted octanol–water partition coefficient (Wildman–Crippen LogP) is 1.82. The largest absolute Gasteiger partial charge is 0.394 e. The van der Waals surface area contributed by atoms with Crippen LogP contribution in [0.2, 0.25) is 0 Å². The zero-order chi connectivity index (χ0) is 20.1. The molecule has 7 heteroatoms. The van der Waals surface area contributed by atoms with Crippen molar-refractivity contribution in [3.8, 4) is 0 Å². The van der Waals surface area contributed by atoms with E-state index in [1.54, 1.807) is 4.90 Å². The number of allylic oxidation sites excluding steroid dienone is 1. The van der Waals surface area contributed by atoms with Gasteiger partial charge in [0.05, 0.1) is 24.4 Å². The van der Waals surface area contributed by atoms with Gasteiger partial charge in [-0.15, -0.1) is 0 Å². The Hall–Kier alpha value is -1.70. The average Bonchev–Trinajstić information content (AvgIpc) is 3.37. The number of aliphatic hydroxyl groups is 1. The van der Waals surface area contributed by atoms with Crippen LogP contribution in [-0.2, 0) is 14.8 Å². The highest BCUT2D eigenvalue weighted by Gasteiger charge is 2.68. The lowest BCUT2D eigenvalue weighted by Crippen LogP contribution is -2.85. The summed E-state index contributed by atoms with van der Waals surface area (Å²) in [5, 5.41) is 10.1. The SMILES string of the molecule is C/C=C/c1ccc([C@@H]2[C@@H](CO)N(C(=O)CC3CC3)C23CN(S(C)(=O)=O)C3)cc1. The number of amides is 1. The van der Waals surface area contributed by atoms with E-state index in [1.807, 2.05) is 43.3 Å². The second-order valence-corrected chi connectivity index (χ2v) is 10.4. The molecule has 6 nitrogen and oxygen atoms in total. The monoisotopic (exact) mass is 404 g/mol. The summed E-state index contributed by atoms with van der Waals surface area (Å²) in [4.78, 5) is 14.8. The lowest BCUT2D eigenvalue weighted by molar-refractivity contribution is -0.189. The molecule has 1 amide bonds. The van der Waals surface area contributed by atoms with Gasteiger partial charge in [-0.1, -0.05) is 36.4 Å². The summed E-state index contributed by atoms with van der Waals surface area (Å²) in [6.45, 7) is 2.46. The van der Waals surface area contributed by atoms with Crippen molar-refractivity contribution in [1.82, 2.24) is 9.21 Å². The zero-order valence-corrected chi connectivity index (χ0v) is 17.2. The van der Waals surface area contributed by atoms with Crippen molar-refractivity contribution in [1.29, 1.82) is 0 Å². The number of hydrogen-bond donors (Lipinski definition) is 1. The van der Waals surface area contributed by atoms with Gasteiger partial charge in [-0.25, -0.2) is 8.42 Å². The second-order valence-electron chi connectivity index (χ2n) is 8.44. The molecule has 2 atom stereocenters. The standard InChI is InChI=1S/C21H28N2O4S/c1-3-4-15-7-9-17(10-8-15)20-18(12-24)23(19(25)11-16-5-6-16)21(20)13-22(14-21)28(2,26)27/h3-4,7-10,16,18,20,24H,5-6,11-14H2,1-2H3/b4-3+/t18-,20-/m1/s1. The quantitative estimate of drug-likeness (QED) is 0.785. The van der Waals surface area contributed by atoms with Crippen molar-refractivity contribution in [2.24, 2.45) is 5.92 Å². The van der Waals surface area contributed by atoms with E-state index in [0.717, 1.165) is 24.0 Å². The zero-order valence-electron chi connectivity index (χ0n) is 16.4. The molecule has 0 radical (unpaired) electrons. The van der Waals surface area contributed by atoms with Gasteiger partial charge in [0, 0.05) is 25.4 Å². The minimum Gasteiger partial charge on any atom is -0.394 e. The number of likely N-dealkylation sites (tertiary alicyclic amines) is 1. The van der Waals surface area contributed by atoms with Gasteiger partial charge in [0.2, 0.25) is 15.9 Å². The molecular formula is C21H28N2O4S. The molecule has 1 saturated carbocycles. The third-order valence-corrected chi connectivity index (χ3v) is 7.61. The minimum atomic E-state index is -3.29. The molecular weight excluding hydrogens is 376 g/mol. The van der Waals surface area contributed by atoms with E-state index >= 15 is 0 Å². The number of rotatable bonds is 6. The van der Waals surface area contributed by atoms with Crippen molar-refractivity contribution in [2.45, 2.75) is 43.7 Å². The summed E-state index contributed by atoms with van der Waals surface area (Å²) in [6.07, 6.45) is 7.88. The van der Waals surface area contributed by atoms with Gasteiger partial charge in [0.25, 0.3) is 0 Å². The van der Waals surface area contributed by atoms with E-state index in [0.29, 0.717) is 25.4 Å². The summed E-state index contributed by atoms with van der Waals surface area (Å²) in [5.41, 5.74) is 1.61. The third-order valence-electron chi connectivity index (χ3n) is 6.42. The molecule has 4 rings (SSSR count). The van der Waals surface area contributed by atoms with Gasteiger partial charge in [-0.3, -0.25) is 4.79 Å². The Morgan fingerprint density at radius 2 is 1.89 bits per heavy atom. The molecule has 28 heavy (non-hydrogen) atoms. The summed E-state index contributed by atoms with van der Waals surface area (Å²) >= 11 is 0. The first-order chi connectivity index (χ1) is 13.3. The van der Waals surface area contributed by atoms with Crippen molar-refractivity contribution >= 4 is 22.0 Å². The summed E-state index contributed by atoms with van der Waals surface area (Å²) in [7, 11) is -3.29. The molecule has 1 aliphatic carbocycles. The molecule has 0 bridgehead atoms. The highest BCUT2D eigenvalue weighted by atomic mass is 32.2. The van der Waals surface area contributed by atoms with Crippen LogP contribution in [-0.4, -0.2) is 66.2 Å². The number of carbonyl (C=O) groups is 1. The lowest BCUT2D eigenvalue weighted by atomic mass is 9.61. The van der Waals surface area contributed by atoms with Crippen molar-refractivity contribution in [3.63, 3.8) is 0 Å². The van der Waals surface area contributed by atoms with Crippen molar-refractivity contribution in [2.75, 3.05) is 26.0 Å². The number of sulfonamides is 1. The molecule has 2 saturated heterocycles. The summed E-state index contributed by atoms with van der Waals surface area (Å²) < 4.78 is 25.4. The molecule has 1 N–H and O–H groups in total. The van der Waals surface area contributed by atoms with E-state index in [2.05, 4.69) is 0 Å². The highest BCUT2D eigenvalue weighted by Crippen LogP contribution is 2.55. The second kappa shape index (κ2) is 6.97. The van der Waals surface area contributed by atoms with Crippen LogP contribution in [0.5, 0.6) is 0 Å². The van der Waals surface area contributed by atoms with Crippen LogP contribution in [0.3, 0.4) is 0 Å². The fourth-order valence-electron chi connectivity index (χ4n) is 4.88. The van der Waals surface area contributed by atoms with Gasteiger partial charge in [0.15, 0.2) is 0 Å². The fourth-order valence-corrected chi connectivity index (χ4v) is 5.80. The first kappa shape index (κ1) is 19.6. The fraction of sp³-hybridized carbons (Fsp3) is 0.571. The maximum Gasteiger partial charge on any atom is 0.223 e. The van der Waals surface area contributed by atoms with E-state index in [9.17, 15) is 18.3 Å². The highest BCUT2D eigenvalue weighted by molar-refractivity contribution is 7.88. The van der Waals surface area contributed by atoms with Crippen LogP contribution < -0.4 is 0 Å². The molecule has 2 heterocycles. The number of benzene rings is 1. The molecule has 1 spiro atoms. The minimum absolute atomic E-state index is 0.0523. The molecule has 0 aromatic heterocycles. The number of hydrogen-bond acceptors (Lipinski definition) is 4. The van der Waals surface area contributed by atoms with E-state index in [-0.39, 0.29) is 24.5 Å². The van der Waals surface area contributed by atoms with Crippen LogP contribution in [0.15, 0.2) is 30.3 Å². The van der Waals surface area contributed by atoms with E-state index in [4.69, 9.17) is 0 Å². The molecule has 2 aliphatic heterocycles. The topological polar surface area (TPSA) is 77.9 Å². The molecule has 1 aromatic rings. The molecule has 0 unspecified atom stereocenters. The Labute approximate surface area is 166 Å². The van der Waals surface area contributed by atoms with Crippen LogP contribution >= 0.6 is 0 Å². The Morgan fingerprint density at radius 3 is 2.39 bits per heavy atom. The molecule has 3 aliphatic rings. The Bertz CT molecular complexity index is 883. The van der Waals surface area contributed by atoms with Crippen molar-refractivity contribution < 1.29 is 18.3 Å². The first-order valence-corrected chi connectivity index (χ1v) is 11.8. The number of carbonyl (C=O) groups excluding carboxylic acids is 1. The van der Waals surface area contributed by atoms with Gasteiger partial charge in [0.1, 0.15) is 0 Å². The Morgan fingerprint density at radius 1 is 1.25 bits per heavy atom. The Kier molecular flexibility index (Phi) is 4.88. The number of nitrogens with zero attached hydrogens (tertiary/aromatic N) is 2. The van der Waals surface area contributed by atoms with E-state index in [1.165, 1.54) is 10.6 Å². The van der Waals surface area contributed by atoms with Crippen LogP contribution in [0.1, 0.15) is 43.2 Å². The predicted molar refractivity (Wildman–Crippen MR) is 108 cm³/mol. The maximum absolute atomic E-state index is 13.0. The molecule has 152 valence electrons. The summed E-state index contributed by atoms with van der Waals surface area (Å²) in [6, 6.07) is 7.84. The lowest BCUT2D eigenvalue weighted by Gasteiger charge is -2.70. The molecule has 1 aromatic carbocycles. The normalized spacial score (nSPS) is 27.0. The van der Waals surface area contributed by atoms with Gasteiger partial charge < -0.3 is 10.0 Å². The van der Waals surface area contributed by atoms with Crippen LogP contribution in [0, 0.1) is 5.92 Å². The van der Waals surface area contributed by atoms with E-state index < -0.39 is 15.6 Å². The summed E-state index contributed by atoms with van der Waals surface area (Å²) in [5.74, 6) is 0.448. The Balaban J connectivity index is 1.64. The molecule has 3 fully saturated rings. The first-order valence-electron chi connectivity index (χ1n) is 9.91. The van der Waals surface area contributed by atoms with Crippen molar-refractivity contribution in [3.05, 3.63) is 41.5 Å². The third kappa shape index (κ3) is 3.19. The van der Waals surface area contributed by atoms with Crippen LogP contribution in [0.4, 0.5) is 0 Å². The average molecular weight is 405 g/mol. The maximum atomic E-state index is 13.0. The smallest absolute Gasteiger partial charge is 0.223 e. The van der Waals surface area contributed by atoms with Gasteiger partial charge in [-0.2, -0.15) is 4.31 Å². The van der Waals surface area contributed by atoms with Gasteiger partial charge >= 0.3 is 0 Å². The van der Waals surface area contributed by atoms with Gasteiger partial charge in [-0.05, 0) is 36.8 Å². The number of aliphatic hydroxyl groups excluding tert-OH is 1. The van der Waals surface area contributed by atoms with Crippen LogP contribution in [0.25, 0.3) is 6.08 Å².